The van der Waals surface area contributed by atoms with Gasteiger partial charge in [-0.2, -0.15) is 5.10 Å². The minimum Gasteiger partial charge on any atom is -0.278 e. The van der Waals surface area contributed by atoms with Crippen molar-refractivity contribution in [2.75, 3.05) is 5.43 Å². The lowest BCUT2D eigenvalue weighted by Crippen LogP contribution is -1.91. The molecule has 2 aromatic heterocycles. The highest BCUT2D eigenvalue weighted by Gasteiger charge is 2.03. The van der Waals surface area contributed by atoms with E-state index in [1.54, 1.807) is 41.0 Å². The summed E-state index contributed by atoms with van der Waals surface area (Å²) in [6, 6.07) is 14.3. The van der Waals surface area contributed by atoms with Crippen LogP contribution in [0.15, 0.2) is 59.0 Å². The Hall–Kier alpha value is -2.51. The predicted molar refractivity (Wildman–Crippen MR) is 91.9 cm³/mol. The summed E-state index contributed by atoms with van der Waals surface area (Å²) in [5.74, 6) is 0. The molecule has 2 heterocycles. The monoisotopic (exact) mass is 329 g/mol. The number of nitrogens with one attached hydrogen (secondary N) is 1. The number of anilines is 1. The van der Waals surface area contributed by atoms with Gasteiger partial charge in [-0.25, -0.2) is 0 Å². The van der Waals surface area contributed by atoms with E-state index in [0.29, 0.717) is 5.69 Å². The van der Waals surface area contributed by atoms with Gasteiger partial charge in [-0.3, -0.25) is 15.5 Å². The highest BCUT2D eigenvalue weighted by Crippen LogP contribution is 2.30. The Morgan fingerprint density at radius 1 is 1.09 bits per heavy atom. The average molecular weight is 329 g/mol. The Labute approximate surface area is 134 Å². The second-order valence-corrected chi connectivity index (χ2v) is 6.42. The van der Waals surface area contributed by atoms with Crippen molar-refractivity contribution in [3.63, 3.8) is 0 Å². The molecule has 3 rings (SSSR count). The Balaban J connectivity index is 1.63. The number of rotatable bonds is 5. The van der Waals surface area contributed by atoms with Crippen molar-refractivity contribution in [2.45, 2.75) is 0 Å². The molecular formula is C15H11N3O2S2. The third kappa shape index (κ3) is 3.38. The lowest BCUT2D eigenvalue weighted by Gasteiger charge is -1.98. The van der Waals surface area contributed by atoms with E-state index in [-0.39, 0.29) is 5.69 Å². The fourth-order valence-electron chi connectivity index (χ4n) is 1.80. The molecule has 0 saturated heterocycles. The van der Waals surface area contributed by atoms with Crippen LogP contribution in [0.4, 0.5) is 11.4 Å². The van der Waals surface area contributed by atoms with Crippen LogP contribution < -0.4 is 5.43 Å². The third-order valence-corrected chi connectivity index (χ3v) is 4.94. The minimum atomic E-state index is -0.426. The summed E-state index contributed by atoms with van der Waals surface area (Å²) in [5, 5.41) is 16.8. The number of hydrogen-bond donors (Lipinski definition) is 1. The first-order valence-electron chi connectivity index (χ1n) is 6.39. The highest BCUT2D eigenvalue weighted by molar-refractivity contribution is 7.22. The Kier molecular flexibility index (Phi) is 4.27. The lowest BCUT2D eigenvalue weighted by molar-refractivity contribution is -0.384. The summed E-state index contributed by atoms with van der Waals surface area (Å²) in [4.78, 5) is 13.6. The Bertz CT molecular complexity index is 793. The van der Waals surface area contributed by atoms with Crippen molar-refractivity contribution < 1.29 is 4.92 Å². The van der Waals surface area contributed by atoms with Crippen molar-refractivity contribution in [3.05, 3.63) is 68.9 Å². The second kappa shape index (κ2) is 6.50. The molecular weight excluding hydrogens is 318 g/mol. The van der Waals surface area contributed by atoms with E-state index in [1.165, 1.54) is 21.9 Å². The standard InChI is InChI=1S/C15H11N3O2S2/c19-18(20)12-5-3-11(4-6-12)17-16-10-13-7-8-15(22-13)14-2-1-9-21-14/h1-10,17H/b16-10+. The van der Waals surface area contributed by atoms with Crippen molar-refractivity contribution in [1.29, 1.82) is 0 Å². The molecule has 0 spiro atoms. The summed E-state index contributed by atoms with van der Waals surface area (Å²) in [6.07, 6.45) is 1.74. The predicted octanol–water partition coefficient (Wildman–Crippen LogP) is 4.83. The molecule has 0 radical (unpaired) electrons. The Morgan fingerprint density at radius 3 is 2.59 bits per heavy atom. The molecule has 0 bridgehead atoms. The molecule has 1 aromatic carbocycles. The van der Waals surface area contributed by atoms with E-state index in [1.807, 2.05) is 12.1 Å². The molecule has 0 amide bonds. The van der Waals surface area contributed by atoms with Gasteiger partial charge < -0.3 is 0 Å². The maximum atomic E-state index is 10.6. The van der Waals surface area contributed by atoms with Crippen LogP contribution in [0.1, 0.15) is 4.88 Å². The van der Waals surface area contributed by atoms with Crippen LogP contribution in [0.2, 0.25) is 0 Å². The zero-order valence-corrected chi connectivity index (χ0v) is 12.9. The van der Waals surface area contributed by atoms with Gasteiger partial charge in [-0.1, -0.05) is 6.07 Å². The van der Waals surface area contributed by atoms with Gasteiger partial charge in [0.25, 0.3) is 5.69 Å². The number of nitrogens with zero attached hydrogens (tertiary/aromatic N) is 2. The molecule has 0 atom stereocenters. The molecule has 22 heavy (non-hydrogen) atoms. The van der Waals surface area contributed by atoms with Crippen molar-refractivity contribution in [1.82, 2.24) is 0 Å². The summed E-state index contributed by atoms with van der Waals surface area (Å²) < 4.78 is 0. The highest BCUT2D eigenvalue weighted by atomic mass is 32.1. The van der Waals surface area contributed by atoms with Crippen LogP contribution in [0.25, 0.3) is 9.75 Å². The number of thiophene rings is 2. The lowest BCUT2D eigenvalue weighted by atomic mass is 10.3. The molecule has 1 N–H and O–H groups in total. The normalized spacial score (nSPS) is 10.9. The van der Waals surface area contributed by atoms with Crippen LogP contribution in [0.5, 0.6) is 0 Å². The maximum Gasteiger partial charge on any atom is 0.269 e. The quantitative estimate of drug-likeness (QED) is 0.414. The molecule has 0 aliphatic rings. The van der Waals surface area contributed by atoms with Crippen LogP contribution in [0.3, 0.4) is 0 Å². The first-order valence-corrected chi connectivity index (χ1v) is 8.09. The number of hydrogen-bond acceptors (Lipinski definition) is 6. The topological polar surface area (TPSA) is 67.5 Å². The molecule has 3 aromatic rings. The SMILES string of the molecule is O=[N+]([O-])c1ccc(N/N=C/c2ccc(-c3cccs3)s2)cc1. The van der Waals surface area contributed by atoms with Gasteiger partial charge in [0.15, 0.2) is 0 Å². The van der Waals surface area contributed by atoms with E-state index in [9.17, 15) is 10.1 Å². The number of hydrazone groups is 1. The molecule has 0 aliphatic carbocycles. The molecule has 0 aliphatic heterocycles. The zero-order valence-electron chi connectivity index (χ0n) is 11.3. The first kappa shape index (κ1) is 14.4. The van der Waals surface area contributed by atoms with Crippen molar-refractivity contribution >= 4 is 40.3 Å². The summed E-state index contributed by atoms with van der Waals surface area (Å²) >= 11 is 3.37. The zero-order chi connectivity index (χ0) is 15.4. The average Bonchev–Trinajstić information content (AvgIpc) is 3.19. The molecule has 110 valence electrons. The number of non-ortho nitro benzene ring substituents is 1. The fourth-order valence-corrected chi connectivity index (χ4v) is 3.52. The van der Waals surface area contributed by atoms with Gasteiger partial charge in [-0.15, -0.1) is 22.7 Å². The van der Waals surface area contributed by atoms with Crippen LogP contribution in [-0.4, -0.2) is 11.1 Å². The Morgan fingerprint density at radius 2 is 1.91 bits per heavy atom. The van der Waals surface area contributed by atoms with Gasteiger partial charge in [0.1, 0.15) is 0 Å². The van der Waals surface area contributed by atoms with E-state index < -0.39 is 4.92 Å². The van der Waals surface area contributed by atoms with Gasteiger partial charge in [0, 0.05) is 26.8 Å². The summed E-state index contributed by atoms with van der Waals surface area (Å²) in [5.41, 5.74) is 3.63. The van der Waals surface area contributed by atoms with Crippen molar-refractivity contribution in [2.24, 2.45) is 5.10 Å². The van der Waals surface area contributed by atoms with E-state index in [4.69, 9.17) is 0 Å². The van der Waals surface area contributed by atoms with Crippen LogP contribution >= 0.6 is 22.7 Å². The largest absolute Gasteiger partial charge is 0.278 e. The summed E-state index contributed by atoms with van der Waals surface area (Å²) in [7, 11) is 0. The maximum absolute atomic E-state index is 10.6. The van der Waals surface area contributed by atoms with Gasteiger partial charge in [-0.05, 0) is 35.7 Å². The van der Waals surface area contributed by atoms with Crippen LogP contribution in [0, 0.1) is 10.1 Å². The van der Waals surface area contributed by atoms with Gasteiger partial charge in [0.2, 0.25) is 0 Å². The fraction of sp³-hybridized carbons (Fsp3) is 0. The summed E-state index contributed by atoms with van der Waals surface area (Å²) in [6.45, 7) is 0. The third-order valence-electron chi connectivity index (χ3n) is 2.85. The minimum absolute atomic E-state index is 0.0633. The number of nitro groups is 1. The van der Waals surface area contributed by atoms with E-state index >= 15 is 0 Å². The van der Waals surface area contributed by atoms with Crippen molar-refractivity contribution in [3.8, 4) is 9.75 Å². The van der Waals surface area contributed by atoms with Crippen LogP contribution in [-0.2, 0) is 0 Å². The first-order chi connectivity index (χ1) is 10.7. The molecule has 0 fully saturated rings. The second-order valence-electron chi connectivity index (χ2n) is 4.35. The molecule has 7 heteroatoms. The van der Waals surface area contributed by atoms with E-state index in [2.05, 4.69) is 28.0 Å². The van der Waals surface area contributed by atoms with Gasteiger partial charge in [0.05, 0.1) is 16.8 Å². The molecule has 0 saturated carbocycles. The van der Waals surface area contributed by atoms with Gasteiger partial charge >= 0.3 is 0 Å². The molecule has 0 unspecified atom stereocenters. The van der Waals surface area contributed by atoms with E-state index in [0.717, 1.165) is 4.88 Å². The molecule has 5 nitrogen and oxygen atoms in total. The smallest absolute Gasteiger partial charge is 0.269 e. The number of nitro benzene ring substituents is 1. The number of benzene rings is 1.